The van der Waals surface area contributed by atoms with Crippen LogP contribution in [0.2, 0.25) is 0 Å². The number of fused-ring (bicyclic) bond motifs is 3. The molecule has 0 aromatic heterocycles. The molecule has 0 saturated carbocycles. The van der Waals surface area contributed by atoms with Crippen molar-refractivity contribution in [3.05, 3.63) is 71.4 Å². The number of amides is 1. The Labute approximate surface area is 166 Å². The van der Waals surface area contributed by atoms with E-state index < -0.39 is 10.0 Å². The zero-order valence-electron chi connectivity index (χ0n) is 16.1. The minimum Gasteiger partial charge on any atom is -0.272 e. The molecule has 2 heterocycles. The van der Waals surface area contributed by atoms with Gasteiger partial charge in [0.25, 0.3) is 15.9 Å². The molecular weight excluding hydrogens is 372 g/mol. The van der Waals surface area contributed by atoms with E-state index >= 15 is 0 Å². The Morgan fingerprint density at radius 1 is 1.07 bits per heavy atom. The molecule has 146 valence electrons. The van der Waals surface area contributed by atoms with Gasteiger partial charge in [0.1, 0.15) is 0 Å². The fraction of sp³-hybridized carbons (Fsp3) is 0.318. The molecule has 1 amide bonds. The van der Waals surface area contributed by atoms with Crippen LogP contribution >= 0.6 is 0 Å². The number of carbonyl (C=O) groups excluding carboxylic acids is 1. The fourth-order valence-electron chi connectivity index (χ4n) is 4.21. The summed E-state index contributed by atoms with van der Waals surface area (Å²) in [5.74, 6) is -0.299. The zero-order chi connectivity index (χ0) is 19.9. The van der Waals surface area contributed by atoms with E-state index in [1.54, 1.807) is 35.5 Å². The highest BCUT2D eigenvalue weighted by molar-refractivity contribution is 7.89. The van der Waals surface area contributed by atoms with Crippen LogP contribution in [0.3, 0.4) is 0 Å². The second-order valence-corrected chi connectivity index (χ2v) is 9.24. The summed E-state index contributed by atoms with van der Waals surface area (Å²) in [6, 6.07) is 14.5. The third-order valence-electron chi connectivity index (χ3n) is 5.52. The SMILES string of the molecule is CCC[C@H]1CC(=O)N(S(=O)(=O)c2ccc(C)cc2)N2C=Cc3ccccc3[C@@H]12. The van der Waals surface area contributed by atoms with Gasteiger partial charge in [-0.05, 0) is 48.6 Å². The minimum absolute atomic E-state index is 0.0769. The quantitative estimate of drug-likeness (QED) is 0.774. The Morgan fingerprint density at radius 2 is 1.79 bits per heavy atom. The molecule has 0 spiro atoms. The van der Waals surface area contributed by atoms with Crippen LogP contribution in [0.5, 0.6) is 0 Å². The molecule has 0 N–H and O–H groups in total. The van der Waals surface area contributed by atoms with Crippen molar-refractivity contribution >= 4 is 22.0 Å². The molecule has 2 aliphatic heterocycles. The lowest BCUT2D eigenvalue weighted by atomic mass is 9.82. The van der Waals surface area contributed by atoms with Crippen molar-refractivity contribution in [3.8, 4) is 0 Å². The maximum absolute atomic E-state index is 13.4. The van der Waals surface area contributed by atoms with Crippen molar-refractivity contribution in [2.75, 3.05) is 0 Å². The number of hydrazine groups is 1. The molecule has 1 fully saturated rings. The Balaban J connectivity index is 1.82. The van der Waals surface area contributed by atoms with Crippen LogP contribution in [0.1, 0.15) is 48.9 Å². The number of aryl methyl sites for hydroxylation is 1. The number of hydrogen-bond donors (Lipinski definition) is 0. The van der Waals surface area contributed by atoms with Crippen molar-refractivity contribution < 1.29 is 13.2 Å². The van der Waals surface area contributed by atoms with Gasteiger partial charge in [0.15, 0.2) is 0 Å². The van der Waals surface area contributed by atoms with E-state index in [1.165, 1.54) is 0 Å². The normalized spacial score (nSPS) is 21.4. The summed E-state index contributed by atoms with van der Waals surface area (Å²) in [5, 5.41) is 1.63. The maximum atomic E-state index is 13.4. The van der Waals surface area contributed by atoms with Crippen LogP contribution in [0, 0.1) is 12.8 Å². The van der Waals surface area contributed by atoms with Gasteiger partial charge < -0.3 is 0 Å². The molecule has 0 unspecified atom stereocenters. The average molecular weight is 397 g/mol. The smallest absolute Gasteiger partial charge is 0.272 e. The summed E-state index contributed by atoms with van der Waals surface area (Å²) < 4.78 is 27.7. The van der Waals surface area contributed by atoms with Gasteiger partial charge in [-0.2, -0.15) is 8.42 Å². The molecule has 0 aliphatic carbocycles. The van der Waals surface area contributed by atoms with Gasteiger partial charge in [-0.3, -0.25) is 9.80 Å². The summed E-state index contributed by atoms with van der Waals surface area (Å²) in [5.41, 5.74) is 3.11. The van der Waals surface area contributed by atoms with E-state index in [0.29, 0.717) is 0 Å². The number of sulfonamides is 1. The second-order valence-electron chi connectivity index (χ2n) is 7.48. The van der Waals surface area contributed by atoms with Crippen LogP contribution in [0.4, 0.5) is 0 Å². The lowest BCUT2D eigenvalue weighted by molar-refractivity contribution is -0.147. The molecular formula is C22H24N2O3S. The molecule has 2 aliphatic rings. The first-order valence-corrected chi connectivity index (χ1v) is 11.1. The Hall–Kier alpha value is -2.60. The van der Waals surface area contributed by atoms with E-state index in [9.17, 15) is 13.2 Å². The third kappa shape index (κ3) is 3.02. The van der Waals surface area contributed by atoms with Gasteiger partial charge in [-0.25, -0.2) is 0 Å². The van der Waals surface area contributed by atoms with E-state index in [4.69, 9.17) is 0 Å². The van der Waals surface area contributed by atoms with Gasteiger partial charge in [-0.15, -0.1) is 4.41 Å². The first kappa shape index (κ1) is 18.7. The zero-order valence-corrected chi connectivity index (χ0v) is 16.9. The highest BCUT2D eigenvalue weighted by atomic mass is 32.2. The molecule has 1 saturated heterocycles. The van der Waals surface area contributed by atoms with Gasteiger partial charge in [0.05, 0.1) is 10.9 Å². The number of benzene rings is 2. The number of hydrogen-bond acceptors (Lipinski definition) is 4. The van der Waals surface area contributed by atoms with Crippen LogP contribution in [0.15, 0.2) is 59.6 Å². The number of rotatable bonds is 4. The Bertz CT molecular complexity index is 1030. The highest BCUT2D eigenvalue weighted by Gasteiger charge is 2.46. The molecule has 6 heteroatoms. The molecule has 28 heavy (non-hydrogen) atoms. The van der Waals surface area contributed by atoms with Crippen LogP contribution in [0.25, 0.3) is 6.08 Å². The second kappa shape index (κ2) is 7.09. The third-order valence-corrected chi connectivity index (χ3v) is 7.23. The molecule has 5 nitrogen and oxygen atoms in total. The van der Waals surface area contributed by atoms with Gasteiger partial charge in [-0.1, -0.05) is 55.3 Å². The van der Waals surface area contributed by atoms with Crippen LogP contribution < -0.4 is 0 Å². The van der Waals surface area contributed by atoms with Gasteiger partial charge in [0, 0.05) is 12.6 Å². The number of carbonyl (C=O) groups is 1. The van der Waals surface area contributed by atoms with E-state index in [-0.39, 0.29) is 29.2 Å². The Kier molecular flexibility index (Phi) is 4.75. The first-order valence-electron chi connectivity index (χ1n) is 9.63. The van der Waals surface area contributed by atoms with Crippen molar-refractivity contribution in [3.63, 3.8) is 0 Å². The summed E-state index contributed by atoms with van der Waals surface area (Å²) in [4.78, 5) is 13.1. The lowest BCUT2D eigenvalue weighted by Crippen LogP contribution is -2.55. The summed E-state index contributed by atoms with van der Waals surface area (Å²) in [6.45, 7) is 3.99. The minimum atomic E-state index is -3.98. The largest absolute Gasteiger partial charge is 0.284 e. The molecule has 0 radical (unpaired) electrons. The summed E-state index contributed by atoms with van der Waals surface area (Å²) in [7, 11) is -3.98. The van der Waals surface area contributed by atoms with E-state index in [1.807, 2.05) is 37.3 Å². The van der Waals surface area contributed by atoms with E-state index in [0.717, 1.165) is 33.9 Å². The molecule has 2 atom stereocenters. The van der Waals surface area contributed by atoms with Crippen LogP contribution in [-0.4, -0.2) is 23.7 Å². The fourth-order valence-corrected chi connectivity index (χ4v) is 5.64. The molecule has 0 bridgehead atoms. The lowest BCUT2D eigenvalue weighted by Gasteiger charge is -2.48. The molecule has 2 aromatic carbocycles. The summed E-state index contributed by atoms with van der Waals surface area (Å²) in [6.07, 6.45) is 5.65. The van der Waals surface area contributed by atoms with E-state index in [2.05, 4.69) is 6.92 Å². The first-order chi connectivity index (χ1) is 13.4. The van der Waals surface area contributed by atoms with Crippen molar-refractivity contribution in [2.24, 2.45) is 5.92 Å². The van der Waals surface area contributed by atoms with Crippen molar-refractivity contribution in [1.82, 2.24) is 9.42 Å². The van der Waals surface area contributed by atoms with Crippen molar-refractivity contribution in [1.29, 1.82) is 0 Å². The summed E-state index contributed by atoms with van der Waals surface area (Å²) >= 11 is 0. The maximum Gasteiger partial charge on any atom is 0.284 e. The highest BCUT2D eigenvalue weighted by Crippen LogP contribution is 2.45. The van der Waals surface area contributed by atoms with Gasteiger partial charge >= 0.3 is 0 Å². The monoisotopic (exact) mass is 396 g/mol. The topological polar surface area (TPSA) is 57.7 Å². The van der Waals surface area contributed by atoms with Gasteiger partial charge in [0.2, 0.25) is 0 Å². The van der Waals surface area contributed by atoms with Crippen molar-refractivity contribution in [2.45, 2.75) is 44.0 Å². The standard InChI is InChI=1S/C22H24N2O3S/c1-3-6-18-15-21(25)24(28(26,27)19-11-9-16(2)10-12-19)23-14-13-17-7-4-5-8-20(17)22(18)23/h4-5,7-14,18,22H,3,6,15H2,1-2H3/t18-,22+/m0/s1. The predicted octanol–water partition coefficient (Wildman–Crippen LogP) is 4.27. The molecule has 4 rings (SSSR count). The molecule has 2 aromatic rings. The average Bonchev–Trinajstić information content (AvgIpc) is 2.68. The predicted molar refractivity (Wildman–Crippen MR) is 108 cm³/mol. The van der Waals surface area contributed by atoms with Crippen LogP contribution in [-0.2, 0) is 14.8 Å². The Morgan fingerprint density at radius 3 is 2.50 bits per heavy atom. The number of nitrogens with zero attached hydrogens (tertiary/aromatic N) is 2.